The highest BCUT2D eigenvalue weighted by Gasteiger charge is 2.07. The quantitative estimate of drug-likeness (QED) is 0.318. The number of hydrogen-bond donors (Lipinski definition) is 0. The third kappa shape index (κ3) is 4.05. The van der Waals surface area contributed by atoms with Gasteiger partial charge in [-0.15, -0.1) is 5.11 Å². The lowest BCUT2D eigenvalue weighted by molar-refractivity contribution is -0.384. The predicted octanol–water partition coefficient (Wildman–Crippen LogP) is 6.16. The van der Waals surface area contributed by atoms with Gasteiger partial charge in [-0.1, -0.05) is 42.1 Å². The first-order valence-corrected chi connectivity index (χ1v) is 8.02. The van der Waals surface area contributed by atoms with Crippen molar-refractivity contribution in [3.63, 3.8) is 0 Å². The van der Waals surface area contributed by atoms with E-state index in [0.717, 1.165) is 21.2 Å². The number of nitrogens with zero attached hydrogens (tertiary/aromatic N) is 3. The smallest absolute Gasteiger partial charge is 0.258 e. The van der Waals surface area contributed by atoms with E-state index in [1.165, 1.54) is 23.9 Å². The third-order valence-corrected chi connectivity index (χ3v) is 4.24. The van der Waals surface area contributed by atoms with Gasteiger partial charge in [0.25, 0.3) is 5.69 Å². The molecule has 0 aromatic heterocycles. The van der Waals surface area contributed by atoms with Crippen LogP contribution in [0.3, 0.4) is 0 Å². The standard InChI is InChI=1S/C18H13N3O2S/c22-21(23)15-10-12-16(13-11-15)24-18-9-5-4-8-17(18)20-19-14-6-2-1-3-7-14/h1-13H. The van der Waals surface area contributed by atoms with Crippen molar-refractivity contribution in [3.8, 4) is 0 Å². The van der Waals surface area contributed by atoms with Crippen LogP contribution in [0.4, 0.5) is 17.1 Å². The summed E-state index contributed by atoms with van der Waals surface area (Å²) in [5, 5.41) is 19.3. The summed E-state index contributed by atoms with van der Waals surface area (Å²) in [6.45, 7) is 0. The molecule has 0 heterocycles. The van der Waals surface area contributed by atoms with Crippen LogP contribution in [0.5, 0.6) is 0 Å². The minimum Gasteiger partial charge on any atom is -0.258 e. The normalized spacial score (nSPS) is 10.8. The molecule has 0 saturated heterocycles. The van der Waals surface area contributed by atoms with Crippen LogP contribution in [0.25, 0.3) is 0 Å². The van der Waals surface area contributed by atoms with Gasteiger partial charge in [0.2, 0.25) is 0 Å². The summed E-state index contributed by atoms with van der Waals surface area (Å²) in [4.78, 5) is 12.2. The minimum absolute atomic E-state index is 0.0800. The Morgan fingerprint density at radius 3 is 2.17 bits per heavy atom. The van der Waals surface area contributed by atoms with Crippen molar-refractivity contribution < 1.29 is 4.92 Å². The van der Waals surface area contributed by atoms with Crippen LogP contribution in [0.15, 0.2) is 98.9 Å². The van der Waals surface area contributed by atoms with Gasteiger partial charge in [0.1, 0.15) is 0 Å². The summed E-state index contributed by atoms with van der Waals surface area (Å²) in [5.74, 6) is 0. The Morgan fingerprint density at radius 1 is 0.792 bits per heavy atom. The molecule has 5 nitrogen and oxygen atoms in total. The van der Waals surface area contributed by atoms with Crippen molar-refractivity contribution in [2.24, 2.45) is 10.2 Å². The lowest BCUT2D eigenvalue weighted by Crippen LogP contribution is -1.86. The van der Waals surface area contributed by atoms with E-state index >= 15 is 0 Å². The monoisotopic (exact) mass is 335 g/mol. The molecule has 0 amide bonds. The second kappa shape index (κ2) is 7.52. The van der Waals surface area contributed by atoms with E-state index in [2.05, 4.69) is 10.2 Å². The van der Waals surface area contributed by atoms with Gasteiger partial charge in [0.05, 0.1) is 16.3 Å². The van der Waals surface area contributed by atoms with E-state index in [1.54, 1.807) is 12.1 Å². The molecule has 0 N–H and O–H groups in total. The number of hydrogen-bond acceptors (Lipinski definition) is 5. The van der Waals surface area contributed by atoms with Crippen LogP contribution >= 0.6 is 11.8 Å². The first-order chi connectivity index (χ1) is 11.7. The van der Waals surface area contributed by atoms with E-state index < -0.39 is 4.92 Å². The lowest BCUT2D eigenvalue weighted by Gasteiger charge is -2.04. The molecule has 0 aliphatic heterocycles. The lowest BCUT2D eigenvalue weighted by atomic mass is 10.3. The number of nitro groups is 1. The summed E-state index contributed by atoms with van der Waals surface area (Å²) < 4.78 is 0. The summed E-state index contributed by atoms with van der Waals surface area (Å²) in [6, 6.07) is 23.6. The fraction of sp³-hybridized carbons (Fsp3) is 0. The molecule has 0 saturated carbocycles. The average molecular weight is 335 g/mol. The van der Waals surface area contributed by atoms with Gasteiger partial charge in [-0.3, -0.25) is 10.1 Å². The predicted molar refractivity (Wildman–Crippen MR) is 94.3 cm³/mol. The highest BCUT2D eigenvalue weighted by molar-refractivity contribution is 7.99. The van der Waals surface area contributed by atoms with E-state index in [1.807, 2.05) is 54.6 Å². The third-order valence-electron chi connectivity index (χ3n) is 3.17. The second-order valence-electron chi connectivity index (χ2n) is 4.86. The van der Waals surface area contributed by atoms with Crippen molar-refractivity contribution in [1.82, 2.24) is 0 Å². The Bertz CT molecular complexity index is 865. The molecule has 0 spiro atoms. The van der Waals surface area contributed by atoms with Gasteiger partial charge >= 0.3 is 0 Å². The van der Waals surface area contributed by atoms with Crippen LogP contribution in [0.2, 0.25) is 0 Å². The molecule has 3 rings (SSSR count). The van der Waals surface area contributed by atoms with Gasteiger partial charge in [-0.05, 0) is 36.4 Å². The van der Waals surface area contributed by atoms with Crippen molar-refractivity contribution in [3.05, 3.63) is 89.0 Å². The topological polar surface area (TPSA) is 67.9 Å². The summed E-state index contributed by atoms with van der Waals surface area (Å²) in [7, 11) is 0. The van der Waals surface area contributed by atoms with Crippen molar-refractivity contribution in [1.29, 1.82) is 0 Å². The number of nitro benzene ring substituents is 1. The van der Waals surface area contributed by atoms with Crippen LogP contribution < -0.4 is 0 Å². The molecule has 3 aromatic rings. The zero-order valence-electron chi connectivity index (χ0n) is 12.6. The van der Waals surface area contributed by atoms with Gasteiger partial charge in [0, 0.05) is 21.9 Å². The minimum atomic E-state index is -0.406. The van der Waals surface area contributed by atoms with E-state index in [4.69, 9.17) is 0 Å². The number of azo groups is 1. The molecule has 0 bridgehead atoms. The number of benzene rings is 3. The Hall–Kier alpha value is -2.99. The summed E-state index contributed by atoms with van der Waals surface area (Å²) in [5.41, 5.74) is 1.62. The first-order valence-electron chi connectivity index (χ1n) is 7.20. The summed E-state index contributed by atoms with van der Waals surface area (Å²) in [6.07, 6.45) is 0. The maximum Gasteiger partial charge on any atom is 0.269 e. The van der Waals surface area contributed by atoms with Crippen LogP contribution in [-0.4, -0.2) is 4.92 Å². The maximum atomic E-state index is 10.7. The van der Waals surface area contributed by atoms with E-state index in [0.29, 0.717) is 0 Å². The maximum absolute atomic E-state index is 10.7. The second-order valence-corrected chi connectivity index (χ2v) is 5.97. The molecule has 0 radical (unpaired) electrons. The zero-order chi connectivity index (χ0) is 16.8. The molecule has 24 heavy (non-hydrogen) atoms. The van der Waals surface area contributed by atoms with E-state index in [-0.39, 0.29) is 5.69 Å². The molecule has 0 fully saturated rings. The van der Waals surface area contributed by atoms with Gasteiger partial charge < -0.3 is 0 Å². The fourth-order valence-electron chi connectivity index (χ4n) is 2.00. The van der Waals surface area contributed by atoms with Crippen LogP contribution in [0.1, 0.15) is 0 Å². The van der Waals surface area contributed by atoms with Crippen LogP contribution in [0, 0.1) is 10.1 Å². The van der Waals surface area contributed by atoms with Crippen molar-refractivity contribution in [2.75, 3.05) is 0 Å². The Balaban J connectivity index is 1.81. The highest BCUT2D eigenvalue weighted by atomic mass is 32.2. The van der Waals surface area contributed by atoms with Gasteiger partial charge in [0.15, 0.2) is 0 Å². The number of non-ortho nitro benzene ring substituents is 1. The molecule has 118 valence electrons. The molecule has 0 aliphatic carbocycles. The molecule has 3 aromatic carbocycles. The molecule has 0 atom stereocenters. The van der Waals surface area contributed by atoms with Gasteiger partial charge in [-0.25, -0.2) is 0 Å². The zero-order valence-corrected chi connectivity index (χ0v) is 13.4. The Labute approximate surface area is 143 Å². The number of rotatable bonds is 5. The van der Waals surface area contributed by atoms with Gasteiger partial charge in [-0.2, -0.15) is 5.11 Å². The molecular weight excluding hydrogens is 322 g/mol. The van der Waals surface area contributed by atoms with Crippen LogP contribution in [-0.2, 0) is 0 Å². The molecule has 6 heteroatoms. The Morgan fingerprint density at radius 2 is 1.46 bits per heavy atom. The Kier molecular flexibility index (Phi) is 4.98. The molecular formula is C18H13N3O2S. The average Bonchev–Trinajstić information content (AvgIpc) is 2.62. The van der Waals surface area contributed by atoms with Crippen molar-refractivity contribution in [2.45, 2.75) is 9.79 Å². The highest BCUT2D eigenvalue weighted by Crippen LogP contribution is 2.36. The van der Waals surface area contributed by atoms with E-state index in [9.17, 15) is 10.1 Å². The summed E-state index contributed by atoms with van der Waals surface area (Å²) >= 11 is 1.49. The molecule has 0 unspecified atom stereocenters. The fourth-order valence-corrected chi connectivity index (χ4v) is 2.88. The SMILES string of the molecule is O=[N+]([O-])c1ccc(Sc2ccccc2N=Nc2ccccc2)cc1. The molecule has 0 aliphatic rings. The van der Waals surface area contributed by atoms with Crippen molar-refractivity contribution >= 4 is 28.8 Å². The largest absolute Gasteiger partial charge is 0.269 e. The first kappa shape index (κ1) is 15.9.